The minimum Gasteiger partial charge on any atom is -0.508 e. The van der Waals surface area contributed by atoms with Gasteiger partial charge in [-0.1, -0.05) is 19.8 Å². The first-order chi connectivity index (χ1) is 9.61. The molecule has 2 aliphatic rings. The van der Waals surface area contributed by atoms with E-state index >= 15 is 0 Å². The fourth-order valence-electron chi connectivity index (χ4n) is 3.65. The summed E-state index contributed by atoms with van der Waals surface area (Å²) >= 11 is 0. The number of nitrogens with zero attached hydrogens (tertiary/aromatic N) is 1. The Bertz CT molecular complexity index is 538. The van der Waals surface area contributed by atoms with Gasteiger partial charge in [-0.25, -0.2) is 5.43 Å². The number of hydrazone groups is 1. The molecule has 3 unspecified atom stereocenters. The lowest BCUT2D eigenvalue weighted by Gasteiger charge is -2.15. The van der Waals surface area contributed by atoms with E-state index in [1.165, 1.54) is 19.3 Å². The van der Waals surface area contributed by atoms with E-state index in [2.05, 4.69) is 17.5 Å². The molecule has 1 aromatic carbocycles. The van der Waals surface area contributed by atoms with Crippen LogP contribution in [0.25, 0.3) is 0 Å². The minimum atomic E-state index is 0.0504. The highest BCUT2D eigenvalue weighted by Crippen LogP contribution is 2.66. The summed E-state index contributed by atoms with van der Waals surface area (Å²) in [5, 5.41) is 13.2. The average Bonchev–Trinajstić information content (AvgIpc) is 3.06. The Kier molecular flexibility index (Phi) is 3.24. The summed E-state index contributed by atoms with van der Waals surface area (Å²) in [6.07, 6.45) is 6.44. The molecule has 1 aromatic rings. The Morgan fingerprint density at radius 2 is 2.15 bits per heavy atom. The van der Waals surface area contributed by atoms with Crippen molar-refractivity contribution >= 4 is 12.1 Å². The molecule has 1 amide bonds. The SMILES string of the molecule is CC12CCCCC1C2C(=O)N/N=C\c1ccc(O)cc1. The Morgan fingerprint density at radius 1 is 1.40 bits per heavy atom. The van der Waals surface area contributed by atoms with Gasteiger partial charge in [-0.3, -0.25) is 4.79 Å². The molecule has 20 heavy (non-hydrogen) atoms. The smallest absolute Gasteiger partial charge is 0.244 e. The van der Waals surface area contributed by atoms with E-state index in [1.807, 2.05) is 0 Å². The summed E-state index contributed by atoms with van der Waals surface area (Å²) < 4.78 is 0. The molecule has 0 aliphatic heterocycles. The van der Waals surface area contributed by atoms with Crippen LogP contribution in [0.2, 0.25) is 0 Å². The zero-order chi connectivity index (χ0) is 14.2. The van der Waals surface area contributed by atoms with Crippen molar-refractivity contribution in [3.63, 3.8) is 0 Å². The van der Waals surface area contributed by atoms with Gasteiger partial charge in [0, 0.05) is 5.92 Å². The third-order valence-electron chi connectivity index (χ3n) is 4.90. The van der Waals surface area contributed by atoms with Crippen LogP contribution in [0.4, 0.5) is 0 Å². The number of nitrogens with one attached hydrogen (secondary N) is 1. The van der Waals surface area contributed by atoms with Gasteiger partial charge in [0.1, 0.15) is 5.75 Å². The number of benzene rings is 1. The molecule has 0 spiro atoms. The predicted molar refractivity (Wildman–Crippen MR) is 77.4 cm³/mol. The number of aromatic hydroxyl groups is 1. The van der Waals surface area contributed by atoms with Gasteiger partial charge in [-0.05, 0) is 54.0 Å². The number of phenolic OH excluding ortho intramolecular Hbond substituents is 1. The second kappa shape index (κ2) is 4.93. The van der Waals surface area contributed by atoms with Gasteiger partial charge in [-0.2, -0.15) is 5.10 Å². The lowest BCUT2D eigenvalue weighted by Crippen LogP contribution is -2.22. The molecule has 0 saturated heterocycles. The van der Waals surface area contributed by atoms with Crippen LogP contribution < -0.4 is 5.43 Å². The van der Waals surface area contributed by atoms with E-state index in [9.17, 15) is 9.90 Å². The molecule has 3 rings (SSSR count). The number of carbonyl (C=O) groups excluding carboxylic acids is 1. The van der Waals surface area contributed by atoms with Crippen molar-refractivity contribution in [3.8, 4) is 5.75 Å². The maximum atomic E-state index is 12.2. The number of hydrogen-bond donors (Lipinski definition) is 2. The lowest BCUT2D eigenvalue weighted by molar-refractivity contribution is -0.123. The summed E-state index contributed by atoms with van der Waals surface area (Å²) in [5.41, 5.74) is 3.73. The van der Waals surface area contributed by atoms with Crippen LogP contribution in [0.1, 0.15) is 38.2 Å². The topological polar surface area (TPSA) is 61.7 Å². The van der Waals surface area contributed by atoms with Gasteiger partial charge in [0.15, 0.2) is 0 Å². The highest BCUT2D eigenvalue weighted by atomic mass is 16.3. The summed E-state index contributed by atoms with van der Waals surface area (Å²) in [5.74, 6) is 0.970. The summed E-state index contributed by atoms with van der Waals surface area (Å²) in [4.78, 5) is 12.2. The van der Waals surface area contributed by atoms with E-state index in [4.69, 9.17) is 0 Å². The van der Waals surface area contributed by atoms with Gasteiger partial charge in [0.05, 0.1) is 6.21 Å². The number of fused-ring (bicyclic) bond motifs is 1. The van der Waals surface area contributed by atoms with Crippen molar-refractivity contribution in [2.75, 3.05) is 0 Å². The fraction of sp³-hybridized carbons (Fsp3) is 0.500. The molecular weight excluding hydrogens is 252 g/mol. The van der Waals surface area contributed by atoms with Crippen LogP contribution in [0.5, 0.6) is 5.75 Å². The Morgan fingerprint density at radius 3 is 2.80 bits per heavy atom. The van der Waals surface area contributed by atoms with Crippen molar-refractivity contribution < 1.29 is 9.90 Å². The van der Waals surface area contributed by atoms with Gasteiger partial charge >= 0.3 is 0 Å². The Balaban J connectivity index is 1.56. The first-order valence-electron chi connectivity index (χ1n) is 7.23. The molecule has 3 atom stereocenters. The number of hydrogen-bond acceptors (Lipinski definition) is 3. The lowest BCUT2D eigenvalue weighted by atomic mass is 9.90. The van der Waals surface area contributed by atoms with Crippen molar-refractivity contribution in [2.24, 2.45) is 22.4 Å². The third kappa shape index (κ3) is 2.30. The molecule has 2 saturated carbocycles. The molecule has 106 valence electrons. The highest BCUT2D eigenvalue weighted by Gasteiger charge is 2.64. The largest absolute Gasteiger partial charge is 0.508 e. The van der Waals surface area contributed by atoms with Crippen LogP contribution in [0, 0.1) is 17.3 Å². The number of phenols is 1. The summed E-state index contributed by atoms with van der Waals surface area (Å²) in [6, 6.07) is 6.70. The normalized spacial score (nSPS) is 31.9. The zero-order valence-corrected chi connectivity index (χ0v) is 11.7. The van der Waals surface area contributed by atoms with Crippen LogP contribution in [0.3, 0.4) is 0 Å². The standard InChI is InChI=1S/C16H20N2O2/c1-16-9-3-2-4-13(16)14(16)15(20)18-17-10-11-5-7-12(19)8-6-11/h5-8,10,13-14,19H,2-4,9H2,1H3,(H,18,20)/b17-10-. The second-order valence-electron chi connectivity index (χ2n) is 6.16. The highest BCUT2D eigenvalue weighted by molar-refractivity contribution is 5.85. The molecule has 4 heteroatoms. The van der Waals surface area contributed by atoms with Crippen LogP contribution in [-0.4, -0.2) is 17.2 Å². The van der Waals surface area contributed by atoms with E-state index < -0.39 is 0 Å². The first kappa shape index (κ1) is 13.2. The Hall–Kier alpha value is -1.84. The summed E-state index contributed by atoms with van der Waals surface area (Å²) in [6.45, 7) is 2.23. The third-order valence-corrected chi connectivity index (χ3v) is 4.90. The van der Waals surface area contributed by atoms with E-state index in [-0.39, 0.29) is 23.0 Å². The van der Waals surface area contributed by atoms with E-state index in [0.29, 0.717) is 5.92 Å². The number of rotatable bonds is 3. The monoisotopic (exact) mass is 272 g/mol. The van der Waals surface area contributed by atoms with Gasteiger partial charge in [-0.15, -0.1) is 0 Å². The molecule has 2 aliphatic carbocycles. The second-order valence-corrected chi connectivity index (χ2v) is 6.16. The predicted octanol–water partition coefficient (Wildman–Crippen LogP) is 2.67. The van der Waals surface area contributed by atoms with Crippen LogP contribution >= 0.6 is 0 Å². The molecule has 2 fully saturated rings. The van der Waals surface area contributed by atoms with Crippen molar-refractivity contribution in [2.45, 2.75) is 32.6 Å². The van der Waals surface area contributed by atoms with Gasteiger partial charge in [0.2, 0.25) is 5.91 Å². The number of amides is 1. The van der Waals surface area contributed by atoms with E-state index in [1.54, 1.807) is 30.5 Å². The molecule has 2 N–H and O–H groups in total. The first-order valence-corrected chi connectivity index (χ1v) is 7.23. The van der Waals surface area contributed by atoms with Crippen LogP contribution in [0.15, 0.2) is 29.4 Å². The van der Waals surface area contributed by atoms with Crippen molar-refractivity contribution in [1.82, 2.24) is 5.43 Å². The number of carbonyl (C=O) groups is 1. The quantitative estimate of drug-likeness (QED) is 0.656. The van der Waals surface area contributed by atoms with Gasteiger partial charge in [0.25, 0.3) is 0 Å². The zero-order valence-electron chi connectivity index (χ0n) is 11.7. The molecule has 0 bridgehead atoms. The maximum Gasteiger partial charge on any atom is 0.244 e. The van der Waals surface area contributed by atoms with Crippen molar-refractivity contribution in [1.29, 1.82) is 0 Å². The average molecular weight is 272 g/mol. The maximum absolute atomic E-state index is 12.2. The molecular formula is C16H20N2O2. The Labute approximate surface area is 118 Å². The van der Waals surface area contributed by atoms with E-state index in [0.717, 1.165) is 12.0 Å². The molecule has 4 nitrogen and oxygen atoms in total. The van der Waals surface area contributed by atoms with Crippen molar-refractivity contribution in [3.05, 3.63) is 29.8 Å². The van der Waals surface area contributed by atoms with Crippen LogP contribution in [-0.2, 0) is 4.79 Å². The molecule has 0 heterocycles. The molecule has 0 aromatic heterocycles. The molecule has 0 radical (unpaired) electrons. The van der Waals surface area contributed by atoms with Gasteiger partial charge < -0.3 is 5.11 Å². The fourth-order valence-corrected chi connectivity index (χ4v) is 3.65. The minimum absolute atomic E-state index is 0.0504. The summed E-state index contributed by atoms with van der Waals surface area (Å²) in [7, 11) is 0.